The SMILES string of the molecule is CCc1nc2ccc(C(=O)Nc3cccc(OC)c3)cn2c1N(C)C(=O)Cc1ccccc1. The Kier molecular flexibility index (Phi) is 6.40. The van der Waals surface area contributed by atoms with Gasteiger partial charge in [-0.1, -0.05) is 43.3 Å². The number of carbonyl (C=O) groups is 2. The molecule has 2 aromatic heterocycles. The molecule has 2 aromatic carbocycles. The van der Waals surface area contributed by atoms with Gasteiger partial charge >= 0.3 is 0 Å². The van der Waals surface area contributed by atoms with Gasteiger partial charge in [-0.25, -0.2) is 4.98 Å². The first kappa shape index (κ1) is 22.1. The summed E-state index contributed by atoms with van der Waals surface area (Å²) in [7, 11) is 3.33. The van der Waals surface area contributed by atoms with Crippen molar-refractivity contribution in [3.05, 3.63) is 89.7 Å². The van der Waals surface area contributed by atoms with Crippen LogP contribution in [0.15, 0.2) is 72.9 Å². The number of imidazole rings is 1. The molecule has 0 aliphatic carbocycles. The van der Waals surface area contributed by atoms with E-state index in [0.29, 0.717) is 34.9 Å². The molecule has 7 heteroatoms. The van der Waals surface area contributed by atoms with Gasteiger partial charge in [-0.3, -0.25) is 18.9 Å². The standard InChI is InChI=1S/C26H26N4O3/c1-4-22-26(29(2)24(31)15-18-9-6-5-7-10-18)30-17-19(13-14-23(30)28-22)25(32)27-20-11-8-12-21(16-20)33-3/h5-14,16-17H,4,15H2,1-3H3,(H,27,32). The maximum Gasteiger partial charge on any atom is 0.257 e. The molecule has 0 aliphatic heterocycles. The van der Waals surface area contributed by atoms with E-state index in [1.165, 1.54) is 0 Å². The smallest absolute Gasteiger partial charge is 0.257 e. The average Bonchev–Trinajstić information content (AvgIpc) is 3.22. The number of fused-ring (bicyclic) bond motifs is 1. The van der Waals surface area contributed by atoms with Crippen LogP contribution < -0.4 is 15.0 Å². The second-order valence-electron chi connectivity index (χ2n) is 7.68. The van der Waals surface area contributed by atoms with Crippen molar-refractivity contribution in [3.8, 4) is 5.75 Å². The monoisotopic (exact) mass is 442 g/mol. The molecule has 2 amide bonds. The van der Waals surface area contributed by atoms with Crippen LogP contribution in [0.5, 0.6) is 5.75 Å². The van der Waals surface area contributed by atoms with Gasteiger partial charge < -0.3 is 10.1 Å². The molecule has 0 radical (unpaired) electrons. The van der Waals surface area contributed by atoms with Crippen LogP contribution in [0.1, 0.15) is 28.5 Å². The Labute approximate surface area is 192 Å². The zero-order valence-corrected chi connectivity index (χ0v) is 18.9. The van der Waals surface area contributed by atoms with E-state index >= 15 is 0 Å². The first-order chi connectivity index (χ1) is 16.0. The predicted molar refractivity (Wildman–Crippen MR) is 129 cm³/mol. The molecule has 4 aromatic rings. The Morgan fingerprint density at radius 2 is 1.85 bits per heavy atom. The largest absolute Gasteiger partial charge is 0.497 e. The zero-order chi connectivity index (χ0) is 23.4. The molecule has 0 aliphatic rings. The number of methoxy groups -OCH3 is 1. The summed E-state index contributed by atoms with van der Waals surface area (Å²) >= 11 is 0. The molecule has 1 N–H and O–H groups in total. The van der Waals surface area contributed by atoms with Crippen molar-refractivity contribution < 1.29 is 14.3 Å². The highest BCUT2D eigenvalue weighted by Crippen LogP contribution is 2.24. The van der Waals surface area contributed by atoms with Crippen LogP contribution in [-0.2, 0) is 17.6 Å². The topological polar surface area (TPSA) is 75.9 Å². The average molecular weight is 443 g/mol. The fourth-order valence-electron chi connectivity index (χ4n) is 3.72. The van der Waals surface area contributed by atoms with E-state index in [9.17, 15) is 9.59 Å². The van der Waals surface area contributed by atoms with E-state index in [-0.39, 0.29) is 18.2 Å². The number of aromatic nitrogens is 2. The van der Waals surface area contributed by atoms with Gasteiger partial charge in [0.05, 0.1) is 24.8 Å². The zero-order valence-electron chi connectivity index (χ0n) is 18.9. The van der Waals surface area contributed by atoms with Crippen LogP contribution >= 0.6 is 0 Å². The van der Waals surface area contributed by atoms with Crippen molar-refractivity contribution in [2.75, 3.05) is 24.4 Å². The quantitative estimate of drug-likeness (QED) is 0.461. The number of ether oxygens (including phenoxy) is 1. The number of rotatable bonds is 7. The summed E-state index contributed by atoms with van der Waals surface area (Å²) in [5.41, 5.74) is 3.51. The minimum Gasteiger partial charge on any atom is -0.497 e. The number of hydrogen-bond acceptors (Lipinski definition) is 4. The van der Waals surface area contributed by atoms with Crippen molar-refractivity contribution in [1.29, 1.82) is 0 Å². The molecule has 7 nitrogen and oxygen atoms in total. The molecular formula is C26H26N4O3. The molecule has 0 fully saturated rings. The highest BCUT2D eigenvalue weighted by atomic mass is 16.5. The summed E-state index contributed by atoms with van der Waals surface area (Å²) in [4.78, 5) is 32.3. The molecule has 33 heavy (non-hydrogen) atoms. The van der Waals surface area contributed by atoms with Crippen molar-refractivity contribution >= 4 is 29.0 Å². The van der Waals surface area contributed by atoms with Crippen LogP contribution in [0.4, 0.5) is 11.5 Å². The normalized spacial score (nSPS) is 10.8. The van der Waals surface area contributed by atoms with Crippen molar-refractivity contribution in [2.24, 2.45) is 0 Å². The van der Waals surface area contributed by atoms with Gasteiger partial charge in [0.25, 0.3) is 5.91 Å². The van der Waals surface area contributed by atoms with Gasteiger partial charge in [-0.05, 0) is 36.2 Å². The van der Waals surface area contributed by atoms with E-state index in [2.05, 4.69) is 10.3 Å². The summed E-state index contributed by atoms with van der Waals surface area (Å²) in [5, 5.41) is 2.89. The maximum atomic E-state index is 13.0. The van der Waals surface area contributed by atoms with E-state index in [1.807, 2.05) is 53.8 Å². The first-order valence-corrected chi connectivity index (χ1v) is 10.8. The number of benzene rings is 2. The summed E-state index contributed by atoms with van der Waals surface area (Å²) in [5.74, 6) is 1.01. The molecule has 0 saturated carbocycles. The van der Waals surface area contributed by atoms with E-state index in [0.717, 1.165) is 11.3 Å². The summed E-state index contributed by atoms with van der Waals surface area (Å²) in [6, 6.07) is 20.3. The fraction of sp³-hybridized carbons (Fsp3) is 0.192. The Bertz CT molecular complexity index is 1300. The number of pyridine rings is 1. The number of anilines is 2. The van der Waals surface area contributed by atoms with E-state index in [4.69, 9.17) is 4.74 Å². The van der Waals surface area contributed by atoms with Crippen LogP contribution in [-0.4, -0.2) is 35.4 Å². The van der Waals surface area contributed by atoms with Gasteiger partial charge in [-0.15, -0.1) is 0 Å². The number of carbonyl (C=O) groups excluding carboxylic acids is 2. The Hall–Kier alpha value is -4.13. The van der Waals surface area contributed by atoms with Gasteiger partial charge in [0, 0.05) is 25.0 Å². The third-order valence-corrected chi connectivity index (χ3v) is 5.48. The molecule has 0 bridgehead atoms. The minimum absolute atomic E-state index is 0.0519. The van der Waals surface area contributed by atoms with Crippen LogP contribution in [0, 0.1) is 0 Å². The van der Waals surface area contributed by atoms with Gasteiger partial charge in [-0.2, -0.15) is 0 Å². The number of hydrogen-bond donors (Lipinski definition) is 1. The lowest BCUT2D eigenvalue weighted by Gasteiger charge is -2.18. The van der Waals surface area contributed by atoms with Gasteiger partial charge in [0.15, 0.2) is 0 Å². The van der Waals surface area contributed by atoms with Crippen LogP contribution in [0.3, 0.4) is 0 Å². The molecule has 168 valence electrons. The molecular weight excluding hydrogens is 416 g/mol. The molecule has 4 rings (SSSR count). The van der Waals surface area contributed by atoms with Gasteiger partial charge in [0.2, 0.25) is 5.91 Å². The van der Waals surface area contributed by atoms with Crippen molar-refractivity contribution in [2.45, 2.75) is 19.8 Å². The lowest BCUT2D eigenvalue weighted by molar-refractivity contribution is -0.117. The third-order valence-electron chi connectivity index (χ3n) is 5.48. The number of nitrogens with zero attached hydrogens (tertiary/aromatic N) is 3. The van der Waals surface area contributed by atoms with Crippen molar-refractivity contribution in [1.82, 2.24) is 9.38 Å². The summed E-state index contributed by atoms with van der Waals surface area (Å²) in [6.45, 7) is 2.00. The molecule has 0 unspecified atom stereocenters. The number of likely N-dealkylation sites (N-methyl/N-ethyl adjacent to an activating group) is 1. The lowest BCUT2D eigenvalue weighted by Crippen LogP contribution is -2.30. The Morgan fingerprint density at radius 1 is 1.06 bits per heavy atom. The maximum absolute atomic E-state index is 13.0. The number of nitrogens with one attached hydrogen (secondary N) is 1. The van der Waals surface area contributed by atoms with Crippen LogP contribution in [0.25, 0.3) is 5.65 Å². The second-order valence-corrected chi connectivity index (χ2v) is 7.68. The van der Waals surface area contributed by atoms with Gasteiger partial charge in [0.1, 0.15) is 17.2 Å². The molecule has 2 heterocycles. The first-order valence-electron chi connectivity index (χ1n) is 10.8. The minimum atomic E-state index is -0.263. The predicted octanol–water partition coefficient (Wildman–Crippen LogP) is 4.36. The fourth-order valence-corrected chi connectivity index (χ4v) is 3.72. The Morgan fingerprint density at radius 3 is 2.58 bits per heavy atom. The summed E-state index contributed by atoms with van der Waals surface area (Å²) < 4.78 is 7.03. The number of aryl methyl sites for hydroxylation is 1. The second kappa shape index (κ2) is 9.56. The van der Waals surface area contributed by atoms with E-state index in [1.54, 1.807) is 49.5 Å². The highest BCUT2D eigenvalue weighted by Gasteiger charge is 2.21. The number of amides is 2. The van der Waals surface area contributed by atoms with E-state index < -0.39 is 0 Å². The summed E-state index contributed by atoms with van der Waals surface area (Å²) in [6.07, 6.45) is 2.66. The lowest BCUT2D eigenvalue weighted by atomic mass is 10.1. The molecule has 0 saturated heterocycles. The molecule has 0 atom stereocenters. The Balaban J connectivity index is 1.64. The van der Waals surface area contributed by atoms with Crippen LogP contribution in [0.2, 0.25) is 0 Å². The van der Waals surface area contributed by atoms with Crippen molar-refractivity contribution in [3.63, 3.8) is 0 Å². The molecule has 0 spiro atoms. The highest BCUT2D eigenvalue weighted by molar-refractivity contribution is 6.04. The third kappa shape index (κ3) is 4.72.